The number of hydrogen-bond acceptors (Lipinski definition) is 3. The SMILES string of the molecule is O=C(NC12CC3CC(CC(C3)C1)C2)OC12CCN(CC1)CC2. The normalized spacial score (nSPS) is 51.8. The lowest BCUT2D eigenvalue weighted by Gasteiger charge is -2.57. The van der Waals surface area contributed by atoms with E-state index in [-0.39, 0.29) is 17.2 Å². The van der Waals surface area contributed by atoms with Crippen LogP contribution in [0.5, 0.6) is 0 Å². The summed E-state index contributed by atoms with van der Waals surface area (Å²) in [5, 5.41) is 3.37. The van der Waals surface area contributed by atoms with Gasteiger partial charge in [-0.2, -0.15) is 0 Å². The van der Waals surface area contributed by atoms with Crippen LogP contribution in [0.15, 0.2) is 0 Å². The minimum absolute atomic E-state index is 0.0812. The quantitative estimate of drug-likeness (QED) is 0.853. The van der Waals surface area contributed by atoms with Crippen molar-refractivity contribution in [1.29, 1.82) is 0 Å². The van der Waals surface area contributed by atoms with Gasteiger partial charge in [-0.05, 0) is 56.3 Å². The molecular formula is C18H28N2O2. The number of piperidine rings is 3. The highest BCUT2D eigenvalue weighted by molar-refractivity contribution is 5.69. The van der Waals surface area contributed by atoms with Gasteiger partial charge in [-0.1, -0.05) is 0 Å². The Bertz CT molecular complexity index is 432. The zero-order valence-electron chi connectivity index (χ0n) is 13.5. The number of nitrogens with zero attached hydrogens (tertiary/aromatic N) is 1. The fraction of sp³-hybridized carbons (Fsp3) is 0.944. The van der Waals surface area contributed by atoms with Crippen molar-refractivity contribution in [3.05, 3.63) is 0 Å². The van der Waals surface area contributed by atoms with E-state index in [9.17, 15) is 4.79 Å². The molecule has 0 unspecified atom stereocenters. The number of alkyl carbamates (subject to hydrolysis) is 1. The molecule has 7 aliphatic rings. The van der Waals surface area contributed by atoms with Gasteiger partial charge in [0.2, 0.25) is 0 Å². The van der Waals surface area contributed by atoms with Crippen molar-refractivity contribution in [2.24, 2.45) is 17.8 Å². The second-order valence-electron chi connectivity index (χ2n) is 8.99. The zero-order valence-corrected chi connectivity index (χ0v) is 13.5. The topological polar surface area (TPSA) is 41.6 Å². The number of fused-ring (bicyclic) bond motifs is 3. The molecule has 22 heavy (non-hydrogen) atoms. The first-order valence-corrected chi connectivity index (χ1v) is 9.36. The molecule has 0 atom stereocenters. The molecule has 1 amide bonds. The Labute approximate surface area is 132 Å². The van der Waals surface area contributed by atoms with Crippen LogP contribution < -0.4 is 5.32 Å². The van der Waals surface area contributed by atoms with Crippen molar-refractivity contribution in [2.45, 2.75) is 68.9 Å². The van der Waals surface area contributed by atoms with Crippen molar-refractivity contribution in [1.82, 2.24) is 10.2 Å². The van der Waals surface area contributed by atoms with E-state index in [4.69, 9.17) is 4.74 Å². The maximum Gasteiger partial charge on any atom is 0.408 e. The maximum atomic E-state index is 12.6. The van der Waals surface area contributed by atoms with E-state index in [0.29, 0.717) is 0 Å². The van der Waals surface area contributed by atoms with Gasteiger partial charge in [0.1, 0.15) is 5.60 Å². The van der Waals surface area contributed by atoms with E-state index in [1.165, 1.54) is 38.5 Å². The molecule has 122 valence electrons. The van der Waals surface area contributed by atoms with Gasteiger partial charge < -0.3 is 15.0 Å². The third-order valence-electron chi connectivity index (χ3n) is 7.37. The molecule has 6 bridgehead atoms. The number of rotatable bonds is 2. The Hall–Kier alpha value is -0.770. The Balaban J connectivity index is 1.27. The molecule has 0 aromatic heterocycles. The van der Waals surface area contributed by atoms with Crippen LogP contribution in [0.1, 0.15) is 57.8 Å². The second kappa shape index (κ2) is 4.62. The summed E-state index contributed by atoms with van der Waals surface area (Å²) in [5.74, 6) is 2.59. The predicted octanol–water partition coefficient (Wildman–Crippen LogP) is 2.92. The summed E-state index contributed by atoms with van der Waals surface area (Å²) in [6.07, 6.45) is 10.8. The van der Waals surface area contributed by atoms with Gasteiger partial charge in [0, 0.05) is 44.4 Å². The predicted molar refractivity (Wildman–Crippen MR) is 83.5 cm³/mol. The maximum absolute atomic E-state index is 12.6. The lowest BCUT2D eigenvalue weighted by Crippen LogP contribution is -2.62. The summed E-state index contributed by atoms with van der Waals surface area (Å²) in [7, 11) is 0. The first-order valence-electron chi connectivity index (χ1n) is 9.36. The van der Waals surface area contributed by atoms with Crippen LogP contribution in [0.3, 0.4) is 0 Å². The van der Waals surface area contributed by atoms with Crippen molar-refractivity contribution < 1.29 is 9.53 Å². The molecule has 4 nitrogen and oxygen atoms in total. The number of hydrogen-bond donors (Lipinski definition) is 1. The lowest BCUT2D eigenvalue weighted by atomic mass is 9.53. The minimum atomic E-state index is -0.152. The molecule has 3 heterocycles. The number of carbonyl (C=O) groups is 1. The monoisotopic (exact) mass is 304 g/mol. The highest BCUT2D eigenvalue weighted by Crippen LogP contribution is 2.55. The van der Waals surface area contributed by atoms with Crippen molar-refractivity contribution in [3.63, 3.8) is 0 Å². The molecule has 1 N–H and O–H groups in total. The number of ether oxygens (including phenoxy) is 1. The Morgan fingerprint density at radius 3 is 1.91 bits per heavy atom. The van der Waals surface area contributed by atoms with Gasteiger partial charge in [-0.3, -0.25) is 0 Å². The van der Waals surface area contributed by atoms with Crippen LogP contribution in [-0.2, 0) is 4.74 Å². The first-order chi connectivity index (χ1) is 10.6. The van der Waals surface area contributed by atoms with E-state index >= 15 is 0 Å². The summed E-state index contributed by atoms with van der Waals surface area (Å²) < 4.78 is 6.03. The highest BCUT2D eigenvalue weighted by atomic mass is 16.6. The number of amides is 1. The van der Waals surface area contributed by atoms with Crippen LogP contribution in [-0.4, -0.2) is 41.8 Å². The zero-order chi connectivity index (χ0) is 14.8. The molecule has 0 spiro atoms. The fourth-order valence-electron chi connectivity index (χ4n) is 6.65. The molecule has 0 aromatic rings. The lowest BCUT2D eigenvalue weighted by molar-refractivity contribution is -0.0863. The van der Waals surface area contributed by atoms with E-state index in [0.717, 1.165) is 56.7 Å². The van der Waals surface area contributed by atoms with E-state index in [1.807, 2.05) is 0 Å². The largest absolute Gasteiger partial charge is 0.443 e. The standard InChI is InChI=1S/C18H28N2O2/c21-16(22-18-1-4-20(5-2-18)6-3-18)19-17-10-13-7-14(11-17)9-15(8-13)12-17/h13-15H,1-12H2,(H,19,21). The number of carbonyl (C=O) groups excluding carboxylic acids is 1. The molecule has 0 aromatic carbocycles. The molecule has 3 saturated heterocycles. The van der Waals surface area contributed by atoms with Crippen LogP contribution >= 0.6 is 0 Å². The van der Waals surface area contributed by atoms with Crippen LogP contribution in [0.4, 0.5) is 4.79 Å². The van der Waals surface area contributed by atoms with Gasteiger partial charge >= 0.3 is 6.09 Å². The van der Waals surface area contributed by atoms with E-state index < -0.39 is 0 Å². The van der Waals surface area contributed by atoms with Crippen molar-refractivity contribution in [3.8, 4) is 0 Å². The molecular weight excluding hydrogens is 276 g/mol. The number of nitrogens with one attached hydrogen (secondary N) is 1. The molecule has 7 fully saturated rings. The molecule has 4 aliphatic carbocycles. The van der Waals surface area contributed by atoms with Crippen LogP contribution in [0, 0.1) is 17.8 Å². The fourth-order valence-corrected chi connectivity index (χ4v) is 6.65. The minimum Gasteiger partial charge on any atom is -0.443 e. The Morgan fingerprint density at radius 2 is 1.41 bits per heavy atom. The van der Waals surface area contributed by atoms with Gasteiger partial charge in [-0.25, -0.2) is 4.79 Å². The van der Waals surface area contributed by atoms with Crippen molar-refractivity contribution >= 4 is 6.09 Å². The molecule has 3 aliphatic heterocycles. The summed E-state index contributed by atoms with van der Waals surface area (Å²) >= 11 is 0. The summed E-state index contributed by atoms with van der Waals surface area (Å²) in [5.41, 5.74) is -0.0705. The second-order valence-corrected chi connectivity index (χ2v) is 8.99. The van der Waals surface area contributed by atoms with E-state index in [1.54, 1.807) is 0 Å². The molecule has 7 rings (SSSR count). The van der Waals surface area contributed by atoms with Gasteiger partial charge in [0.25, 0.3) is 0 Å². The van der Waals surface area contributed by atoms with Gasteiger partial charge in [0.05, 0.1) is 0 Å². The van der Waals surface area contributed by atoms with E-state index in [2.05, 4.69) is 10.2 Å². The summed E-state index contributed by atoms with van der Waals surface area (Å²) in [4.78, 5) is 15.1. The average molecular weight is 304 g/mol. The molecule has 4 heteroatoms. The van der Waals surface area contributed by atoms with Crippen molar-refractivity contribution in [2.75, 3.05) is 19.6 Å². The molecule has 4 saturated carbocycles. The summed E-state index contributed by atoms with van der Waals surface area (Å²) in [6, 6.07) is 0. The Kier molecular flexibility index (Phi) is 2.87. The average Bonchev–Trinajstić information content (AvgIpc) is 2.46. The Morgan fingerprint density at radius 1 is 0.909 bits per heavy atom. The summed E-state index contributed by atoms with van der Waals surface area (Å²) in [6.45, 7) is 3.31. The van der Waals surface area contributed by atoms with Crippen LogP contribution in [0.25, 0.3) is 0 Å². The first kappa shape index (κ1) is 13.6. The highest BCUT2D eigenvalue weighted by Gasteiger charge is 2.52. The smallest absolute Gasteiger partial charge is 0.408 e. The third kappa shape index (κ3) is 2.17. The third-order valence-corrected chi connectivity index (χ3v) is 7.37. The van der Waals surface area contributed by atoms with Gasteiger partial charge in [-0.15, -0.1) is 0 Å². The van der Waals surface area contributed by atoms with Crippen LogP contribution in [0.2, 0.25) is 0 Å². The molecule has 0 radical (unpaired) electrons. The van der Waals surface area contributed by atoms with Gasteiger partial charge in [0.15, 0.2) is 0 Å².